The van der Waals surface area contributed by atoms with Gasteiger partial charge in [0.1, 0.15) is 0 Å². The van der Waals surface area contributed by atoms with Crippen molar-refractivity contribution in [3.63, 3.8) is 0 Å². The van der Waals surface area contributed by atoms with Gasteiger partial charge >= 0.3 is 0 Å². The van der Waals surface area contributed by atoms with Crippen molar-refractivity contribution in [2.45, 2.75) is 51.1 Å². The van der Waals surface area contributed by atoms with Crippen LogP contribution in [0.4, 0.5) is 18.9 Å². The average molecular weight is 300 g/mol. The van der Waals surface area contributed by atoms with Gasteiger partial charge in [0.05, 0.1) is 11.7 Å². The lowest BCUT2D eigenvalue weighted by Gasteiger charge is -2.26. The third-order valence-electron chi connectivity index (χ3n) is 3.78. The highest BCUT2D eigenvalue weighted by Gasteiger charge is 2.21. The highest BCUT2D eigenvalue weighted by Crippen LogP contribution is 2.20. The Hall–Kier alpha value is -1.56. The Kier molecular flexibility index (Phi) is 5.22. The molecular weight excluding hydrogens is 281 g/mol. The predicted molar refractivity (Wildman–Crippen MR) is 74.4 cm³/mol. The maximum atomic E-state index is 13.5. The molecule has 0 radical (unpaired) electrons. The minimum atomic E-state index is -1.58. The van der Waals surface area contributed by atoms with E-state index in [0.29, 0.717) is 0 Å². The van der Waals surface area contributed by atoms with E-state index in [9.17, 15) is 18.0 Å². The molecule has 2 rings (SSSR count). The van der Waals surface area contributed by atoms with Crippen LogP contribution in [0.3, 0.4) is 0 Å². The second-order valence-corrected chi connectivity index (χ2v) is 5.44. The lowest BCUT2D eigenvalue weighted by Crippen LogP contribution is -2.44. The first-order chi connectivity index (χ1) is 9.99. The van der Waals surface area contributed by atoms with Gasteiger partial charge in [0, 0.05) is 6.04 Å². The first kappa shape index (κ1) is 15.8. The van der Waals surface area contributed by atoms with E-state index in [0.717, 1.165) is 37.8 Å². The fourth-order valence-corrected chi connectivity index (χ4v) is 2.56. The molecule has 0 bridgehead atoms. The summed E-state index contributed by atoms with van der Waals surface area (Å²) in [6, 6.07) is 1.54. The fourth-order valence-electron chi connectivity index (χ4n) is 2.56. The van der Waals surface area contributed by atoms with Crippen molar-refractivity contribution >= 4 is 11.6 Å². The Bertz CT molecular complexity index is 516. The van der Waals surface area contributed by atoms with E-state index in [1.165, 1.54) is 6.42 Å². The topological polar surface area (TPSA) is 41.1 Å². The second-order valence-electron chi connectivity index (χ2n) is 5.44. The molecule has 21 heavy (non-hydrogen) atoms. The minimum absolute atomic E-state index is 0.273. The zero-order valence-corrected chi connectivity index (χ0v) is 11.9. The Labute approximate surface area is 121 Å². The maximum Gasteiger partial charge on any atom is 0.241 e. The van der Waals surface area contributed by atoms with Crippen LogP contribution in [0, 0.1) is 17.5 Å². The highest BCUT2D eigenvalue weighted by atomic mass is 19.2. The first-order valence-electron chi connectivity index (χ1n) is 7.19. The summed E-state index contributed by atoms with van der Waals surface area (Å²) in [5.41, 5.74) is -0.351. The van der Waals surface area contributed by atoms with E-state index >= 15 is 0 Å². The van der Waals surface area contributed by atoms with Crippen molar-refractivity contribution < 1.29 is 18.0 Å². The Balaban J connectivity index is 1.95. The summed E-state index contributed by atoms with van der Waals surface area (Å²) < 4.78 is 39.4. The normalized spacial score (nSPS) is 17.5. The van der Waals surface area contributed by atoms with Crippen LogP contribution >= 0.6 is 0 Å². The van der Waals surface area contributed by atoms with Gasteiger partial charge in [0.15, 0.2) is 17.5 Å². The molecule has 0 aliphatic heterocycles. The zero-order valence-electron chi connectivity index (χ0n) is 11.9. The molecule has 2 N–H and O–H groups in total. The Morgan fingerprint density at radius 3 is 2.48 bits per heavy atom. The molecule has 116 valence electrons. The van der Waals surface area contributed by atoms with Crippen LogP contribution in [-0.4, -0.2) is 18.0 Å². The standard InChI is InChI=1S/C15H19F3N2O/c1-9(19-10-5-3-2-4-6-10)15(21)20-12-8-7-11(16)13(17)14(12)18/h7-10,19H,2-6H2,1H3,(H,20,21)/t9-/m1/s1. The van der Waals surface area contributed by atoms with Gasteiger partial charge in [-0.2, -0.15) is 0 Å². The molecule has 1 aliphatic rings. The molecule has 6 heteroatoms. The lowest BCUT2D eigenvalue weighted by molar-refractivity contribution is -0.118. The number of halogens is 3. The fraction of sp³-hybridized carbons (Fsp3) is 0.533. The van der Waals surface area contributed by atoms with Gasteiger partial charge in [-0.1, -0.05) is 19.3 Å². The SMILES string of the molecule is C[C@@H](NC1CCCCC1)C(=O)Nc1ccc(F)c(F)c1F. The largest absolute Gasteiger partial charge is 0.322 e. The number of benzene rings is 1. The van der Waals surface area contributed by atoms with E-state index < -0.39 is 29.4 Å². The van der Waals surface area contributed by atoms with Crippen molar-refractivity contribution in [2.75, 3.05) is 5.32 Å². The van der Waals surface area contributed by atoms with Gasteiger partial charge < -0.3 is 10.6 Å². The summed E-state index contributed by atoms with van der Waals surface area (Å²) in [6.07, 6.45) is 5.49. The number of anilines is 1. The average Bonchev–Trinajstić information content (AvgIpc) is 2.48. The number of carbonyl (C=O) groups excluding carboxylic acids is 1. The summed E-state index contributed by atoms with van der Waals surface area (Å²) in [4.78, 5) is 12.0. The molecule has 0 aromatic heterocycles. The summed E-state index contributed by atoms with van der Waals surface area (Å²) in [5.74, 6) is -4.71. The Morgan fingerprint density at radius 2 is 1.81 bits per heavy atom. The summed E-state index contributed by atoms with van der Waals surface area (Å²) in [5, 5.41) is 5.47. The van der Waals surface area contributed by atoms with Crippen LogP contribution < -0.4 is 10.6 Å². The molecule has 0 saturated heterocycles. The second kappa shape index (κ2) is 6.93. The quantitative estimate of drug-likeness (QED) is 0.837. The molecule has 1 fully saturated rings. The third-order valence-corrected chi connectivity index (χ3v) is 3.78. The van der Waals surface area contributed by atoms with Crippen LogP contribution in [0.5, 0.6) is 0 Å². The molecule has 1 aromatic rings. The number of carbonyl (C=O) groups is 1. The molecule has 1 atom stereocenters. The smallest absolute Gasteiger partial charge is 0.241 e. The van der Waals surface area contributed by atoms with Crippen molar-refractivity contribution in [2.24, 2.45) is 0 Å². The van der Waals surface area contributed by atoms with Crippen LogP contribution in [0.25, 0.3) is 0 Å². The van der Waals surface area contributed by atoms with Crippen LogP contribution in [0.2, 0.25) is 0 Å². The summed E-state index contributed by atoms with van der Waals surface area (Å²) in [7, 11) is 0. The van der Waals surface area contributed by atoms with Gasteiger partial charge in [-0.25, -0.2) is 13.2 Å². The molecule has 1 saturated carbocycles. The first-order valence-corrected chi connectivity index (χ1v) is 7.19. The van der Waals surface area contributed by atoms with Crippen molar-refractivity contribution in [1.82, 2.24) is 5.32 Å². The van der Waals surface area contributed by atoms with Crippen molar-refractivity contribution in [3.05, 3.63) is 29.6 Å². The molecular formula is C15H19F3N2O. The monoisotopic (exact) mass is 300 g/mol. The molecule has 3 nitrogen and oxygen atoms in total. The molecule has 1 aromatic carbocycles. The number of rotatable bonds is 4. The maximum absolute atomic E-state index is 13.5. The molecule has 0 heterocycles. The van der Waals surface area contributed by atoms with E-state index in [1.807, 2.05) is 0 Å². The highest BCUT2D eigenvalue weighted by molar-refractivity contribution is 5.94. The van der Waals surface area contributed by atoms with E-state index in [2.05, 4.69) is 10.6 Å². The van der Waals surface area contributed by atoms with Crippen molar-refractivity contribution in [1.29, 1.82) is 0 Å². The lowest BCUT2D eigenvalue weighted by atomic mass is 9.95. The molecule has 0 unspecified atom stereocenters. The van der Waals surface area contributed by atoms with Gasteiger partial charge in [-0.15, -0.1) is 0 Å². The number of hydrogen-bond donors (Lipinski definition) is 2. The van der Waals surface area contributed by atoms with E-state index in [-0.39, 0.29) is 11.7 Å². The van der Waals surface area contributed by atoms with Crippen LogP contribution in [0.15, 0.2) is 12.1 Å². The van der Waals surface area contributed by atoms with Crippen LogP contribution in [0.1, 0.15) is 39.0 Å². The minimum Gasteiger partial charge on any atom is -0.322 e. The summed E-state index contributed by atoms with van der Waals surface area (Å²) in [6.45, 7) is 1.67. The van der Waals surface area contributed by atoms with E-state index in [4.69, 9.17) is 0 Å². The van der Waals surface area contributed by atoms with Gasteiger partial charge in [-0.3, -0.25) is 4.79 Å². The van der Waals surface area contributed by atoms with Gasteiger partial charge in [0.25, 0.3) is 0 Å². The number of amides is 1. The summed E-state index contributed by atoms with van der Waals surface area (Å²) >= 11 is 0. The predicted octanol–water partition coefficient (Wildman–Crippen LogP) is 3.35. The molecule has 1 aliphatic carbocycles. The zero-order chi connectivity index (χ0) is 15.4. The number of nitrogens with one attached hydrogen (secondary N) is 2. The third kappa shape index (κ3) is 3.97. The van der Waals surface area contributed by atoms with E-state index in [1.54, 1.807) is 6.92 Å². The van der Waals surface area contributed by atoms with Crippen LogP contribution in [-0.2, 0) is 4.79 Å². The van der Waals surface area contributed by atoms with Gasteiger partial charge in [0.2, 0.25) is 5.91 Å². The molecule has 1 amide bonds. The molecule has 0 spiro atoms. The Morgan fingerprint density at radius 1 is 1.14 bits per heavy atom. The number of hydrogen-bond acceptors (Lipinski definition) is 2. The van der Waals surface area contributed by atoms with Crippen molar-refractivity contribution in [3.8, 4) is 0 Å². The van der Waals surface area contributed by atoms with Gasteiger partial charge in [-0.05, 0) is 31.9 Å².